The Balaban J connectivity index is 1.67. The van der Waals surface area contributed by atoms with Gasteiger partial charge in [0.15, 0.2) is 11.5 Å². The molecule has 0 radical (unpaired) electrons. The molecule has 1 unspecified atom stereocenters. The Hall–Kier alpha value is -3.57. The van der Waals surface area contributed by atoms with Crippen LogP contribution in [0.2, 0.25) is 0 Å². The number of nitriles is 1. The van der Waals surface area contributed by atoms with Gasteiger partial charge in [-0.15, -0.1) is 0 Å². The van der Waals surface area contributed by atoms with E-state index in [0.717, 1.165) is 17.8 Å². The van der Waals surface area contributed by atoms with E-state index in [0.29, 0.717) is 29.0 Å². The maximum atomic E-state index is 12.7. The minimum atomic E-state index is -0.103. The molecule has 3 aromatic rings. The molecule has 1 N–H and O–H groups in total. The zero-order valence-corrected chi connectivity index (χ0v) is 19.6. The number of benzene rings is 1. The van der Waals surface area contributed by atoms with E-state index in [1.54, 1.807) is 41.9 Å². The van der Waals surface area contributed by atoms with Crippen molar-refractivity contribution in [1.29, 1.82) is 5.26 Å². The monoisotopic (exact) mass is 447 g/mol. The first-order valence-corrected chi connectivity index (χ1v) is 11.0. The fraction of sp³-hybridized carbons (Fsp3) is 0.400. The number of aromatic nitrogens is 2. The van der Waals surface area contributed by atoms with Gasteiger partial charge in [0.25, 0.3) is 5.56 Å². The van der Waals surface area contributed by atoms with Gasteiger partial charge >= 0.3 is 0 Å². The lowest BCUT2D eigenvalue weighted by Gasteiger charge is -2.47. The number of anilines is 1. The Morgan fingerprint density at radius 2 is 1.94 bits per heavy atom. The molecule has 2 aromatic heterocycles. The van der Waals surface area contributed by atoms with Crippen molar-refractivity contribution in [3.8, 4) is 17.6 Å². The van der Waals surface area contributed by atoms with Gasteiger partial charge in [-0.05, 0) is 50.6 Å². The Bertz CT molecular complexity index is 1300. The summed E-state index contributed by atoms with van der Waals surface area (Å²) in [4.78, 5) is 21.8. The molecule has 0 aliphatic carbocycles. The van der Waals surface area contributed by atoms with Crippen LogP contribution in [0.4, 0.5) is 5.69 Å². The van der Waals surface area contributed by atoms with Crippen molar-refractivity contribution in [1.82, 2.24) is 14.5 Å². The van der Waals surface area contributed by atoms with Crippen molar-refractivity contribution in [3.05, 3.63) is 58.0 Å². The summed E-state index contributed by atoms with van der Waals surface area (Å²) in [6, 6.07) is 13.1. The number of piperazine rings is 1. The largest absolute Gasteiger partial charge is 0.504 e. The molecule has 0 amide bonds. The number of hydrogen-bond donors (Lipinski definition) is 1. The molecule has 3 atom stereocenters. The van der Waals surface area contributed by atoms with Crippen LogP contribution in [-0.2, 0) is 7.05 Å². The molecular weight excluding hydrogens is 418 g/mol. The maximum Gasteiger partial charge on any atom is 0.252 e. The summed E-state index contributed by atoms with van der Waals surface area (Å²) in [6.45, 7) is 7.90. The summed E-state index contributed by atoms with van der Waals surface area (Å²) in [5, 5.41) is 19.6. The molecule has 33 heavy (non-hydrogen) atoms. The van der Waals surface area contributed by atoms with Gasteiger partial charge in [0.05, 0.1) is 18.3 Å². The second-order valence-electron chi connectivity index (χ2n) is 8.76. The van der Waals surface area contributed by atoms with Crippen LogP contribution < -0.4 is 15.2 Å². The number of ether oxygens (including phenoxy) is 1. The van der Waals surface area contributed by atoms with Gasteiger partial charge in [-0.3, -0.25) is 9.69 Å². The second kappa shape index (κ2) is 8.75. The van der Waals surface area contributed by atoms with Gasteiger partial charge < -0.3 is 19.3 Å². The first kappa shape index (κ1) is 22.6. The molecule has 4 rings (SSSR count). The SMILES string of the molecule is COc1ccc(C(C)N2C[C@H](C)N(c3cc(=O)n(C)c4ccc(C#N)nc34)C[C@H]2C)cc1O. The van der Waals surface area contributed by atoms with Crippen LogP contribution >= 0.6 is 0 Å². The molecular formula is C25H29N5O3. The first-order chi connectivity index (χ1) is 15.7. The molecule has 1 aliphatic rings. The summed E-state index contributed by atoms with van der Waals surface area (Å²) in [7, 11) is 3.26. The molecule has 0 bridgehead atoms. The van der Waals surface area contributed by atoms with Crippen molar-refractivity contribution in [2.75, 3.05) is 25.1 Å². The lowest BCUT2D eigenvalue weighted by atomic mass is 9.99. The van der Waals surface area contributed by atoms with Crippen LogP contribution in [0.1, 0.15) is 38.1 Å². The van der Waals surface area contributed by atoms with E-state index in [9.17, 15) is 15.2 Å². The lowest BCUT2D eigenvalue weighted by Crippen LogP contribution is -2.57. The predicted octanol–water partition coefficient (Wildman–Crippen LogP) is 3.18. The number of nitrogens with zero attached hydrogens (tertiary/aromatic N) is 5. The number of fused-ring (bicyclic) bond motifs is 1. The Kier molecular flexibility index (Phi) is 6.00. The van der Waals surface area contributed by atoms with Crippen molar-refractivity contribution in [3.63, 3.8) is 0 Å². The molecule has 3 heterocycles. The highest BCUT2D eigenvalue weighted by atomic mass is 16.5. The van der Waals surface area contributed by atoms with Crippen LogP contribution in [0.25, 0.3) is 11.0 Å². The highest BCUT2D eigenvalue weighted by molar-refractivity contribution is 5.89. The number of hydrogen-bond acceptors (Lipinski definition) is 7. The summed E-state index contributed by atoms with van der Waals surface area (Å²) in [5.41, 5.74) is 3.37. The zero-order valence-electron chi connectivity index (χ0n) is 19.6. The minimum Gasteiger partial charge on any atom is -0.504 e. The van der Waals surface area contributed by atoms with E-state index in [1.165, 1.54) is 7.11 Å². The van der Waals surface area contributed by atoms with E-state index in [-0.39, 0.29) is 29.4 Å². The van der Waals surface area contributed by atoms with Gasteiger partial charge in [0, 0.05) is 44.3 Å². The van der Waals surface area contributed by atoms with E-state index < -0.39 is 0 Å². The molecule has 1 fully saturated rings. The quantitative estimate of drug-likeness (QED) is 0.656. The van der Waals surface area contributed by atoms with Crippen molar-refractivity contribution in [2.24, 2.45) is 7.05 Å². The second-order valence-corrected chi connectivity index (χ2v) is 8.76. The van der Waals surface area contributed by atoms with Crippen LogP contribution in [0.15, 0.2) is 41.2 Å². The molecule has 172 valence electrons. The predicted molar refractivity (Wildman–Crippen MR) is 128 cm³/mol. The number of methoxy groups -OCH3 is 1. The van der Waals surface area contributed by atoms with E-state index in [4.69, 9.17) is 4.74 Å². The standard InChI is InChI=1S/C25H29N5O3/c1-15-14-30(21-11-24(32)28(4)20-8-7-19(12-26)27-25(20)21)16(2)13-29(15)17(3)18-6-9-23(33-5)22(31)10-18/h6-11,15-17,31H,13-14H2,1-5H3/t15-,16+,17?/m1/s1. The van der Waals surface area contributed by atoms with Gasteiger partial charge in [0.2, 0.25) is 0 Å². The lowest BCUT2D eigenvalue weighted by molar-refractivity contribution is 0.119. The first-order valence-electron chi connectivity index (χ1n) is 11.0. The number of aryl methyl sites for hydroxylation is 1. The molecule has 0 spiro atoms. The number of phenols is 1. The fourth-order valence-electron chi connectivity index (χ4n) is 4.78. The third kappa shape index (κ3) is 4.00. The summed E-state index contributed by atoms with van der Waals surface area (Å²) >= 11 is 0. The van der Waals surface area contributed by atoms with Crippen molar-refractivity contribution >= 4 is 16.7 Å². The van der Waals surface area contributed by atoms with Crippen LogP contribution in [-0.4, -0.2) is 51.8 Å². The Labute approximate surface area is 193 Å². The summed E-state index contributed by atoms with van der Waals surface area (Å²) in [5.74, 6) is 0.589. The van der Waals surface area contributed by atoms with Gasteiger partial charge in [0.1, 0.15) is 17.3 Å². The third-order valence-corrected chi connectivity index (χ3v) is 6.71. The Morgan fingerprint density at radius 3 is 2.61 bits per heavy atom. The number of phenolic OH excluding ortho intramolecular Hbond substituents is 1. The maximum absolute atomic E-state index is 12.7. The van der Waals surface area contributed by atoms with Crippen molar-refractivity contribution < 1.29 is 9.84 Å². The zero-order chi connectivity index (χ0) is 23.9. The number of rotatable bonds is 4. The van der Waals surface area contributed by atoms with Crippen LogP contribution in [0.3, 0.4) is 0 Å². The molecule has 8 heteroatoms. The molecule has 1 saturated heterocycles. The van der Waals surface area contributed by atoms with Crippen LogP contribution in [0.5, 0.6) is 11.5 Å². The summed E-state index contributed by atoms with van der Waals surface area (Å²) in [6.07, 6.45) is 0. The van der Waals surface area contributed by atoms with Gasteiger partial charge in [-0.25, -0.2) is 4.98 Å². The summed E-state index contributed by atoms with van der Waals surface area (Å²) < 4.78 is 6.74. The smallest absolute Gasteiger partial charge is 0.252 e. The normalized spacial score (nSPS) is 19.9. The van der Waals surface area contributed by atoms with E-state index >= 15 is 0 Å². The molecule has 1 aromatic carbocycles. The fourth-order valence-corrected chi connectivity index (χ4v) is 4.78. The number of aromatic hydroxyl groups is 1. The van der Waals surface area contributed by atoms with E-state index in [1.807, 2.05) is 6.07 Å². The average molecular weight is 448 g/mol. The highest BCUT2D eigenvalue weighted by Crippen LogP contribution is 2.35. The van der Waals surface area contributed by atoms with Gasteiger partial charge in [-0.1, -0.05) is 6.07 Å². The van der Waals surface area contributed by atoms with E-state index in [2.05, 4.69) is 41.6 Å². The molecule has 0 saturated carbocycles. The number of pyridine rings is 2. The highest BCUT2D eigenvalue weighted by Gasteiger charge is 2.34. The van der Waals surface area contributed by atoms with Crippen LogP contribution in [0, 0.1) is 11.3 Å². The minimum absolute atomic E-state index is 0.0881. The molecule has 8 nitrogen and oxygen atoms in total. The van der Waals surface area contributed by atoms with Crippen molar-refractivity contribution in [2.45, 2.75) is 38.9 Å². The van der Waals surface area contributed by atoms with Gasteiger partial charge in [-0.2, -0.15) is 5.26 Å². The Morgan fingerprint density at radius 1 is 1.18 bits per heavy atom. The average Bonchev–Trinajstić information content (AvgIpc) is 2.81. The topological polar surface area (TPSA) is 94.6 Å². The molecule has 1 aliphatic heterocycles. The third-order valence-electron chi connectivity index (χ3n) is 6.71.